The highest BCUT2D eigenvalue weighted by atomic mass is 79.9. The maximum absolute atomic E-state index is 4.43. The third kappa shape index (κ3) is 2.55. The van der Waals surface area contributed by atoms with Crippen LogP contribution in [0.15, 0.2) is 27.7 Å². The molecule has 0 saturated heterocycles. The SMILES string of the molecule is Cc1cccc(NC2=NCC(C)S2)c1Br. The predicted molar refractivity (Wildman–Crippen MR) is 71.9 cm³/mol. The molecule has 1 aromatic rings. The van der Waals surface area contributed by atoms with Gasteiger partial charge >= 0.3 is 0 Å². The fourth-order valence-corrected chi connectivity index (χ4v) is 2.62. The second-order valence-corrected chi connectivity index (χ2v) is 5.86. The standard InChI is InChI=1S/C11H13BrN2S/c1-7-4-3-5-9(10(7)12)14-11-13-6-8(2)15-11/h3-5,8H,6H2,1-2H3,(H,13,14). The van der Waals surface area contributed by atoms with E-state index in [1.54, 1.807) is 11.8 Å². The second-order valence-electron chi connectivity index (χ2n) is 3.64. The molecule has 1 aromatic carbocycles. The van der Waals surface area contributed by atoms with Crippen molar-refractivity contribution >= 4 is 38.5 Å². The summed E-state index contributed by atoms with van der Waals surface area (Å²) in [7, 11) is 0. The molecule has 0 spiro atoms. The van der Waals surface area contributed by atoms with Crippen LogP contribution in [0.2, 0.25) is 0 Å². The van der Waals surface area contributed by atoms with Gasteiger partial charge in [-0.25, -0.2) is 0 Å². The summed E-state index contributed by atoms with van der Waals surface area (Å²) in [5, 5.41) is 4.96. The fraction of sp³-hybridized carbons (Fsp3) is 0.364. The molecule has 80 valence electrons. The molecule has 0 fully saturated rings. The third-order valence-corrected chi connectivity index (χ3v) is 4.30. The van der Waals surface area contributed by atoms with Gasteiger partial charge in [0.25, 0.3) is 0 Å². The summed E-state index contributed by atoms with van der Waals surface area (Å²) in [5.41, 5.74) is 2.33. The Labute approximate surface area is 103 Å². The Morgan fingerprint density at radius 3 is 3.00 bits per heavy atom. The van der Waals surface area contributed by atoms with Crippen molar-refractivity contribution in [2.24, 2.45) is 4.99 Å². The number of nitrogens with zero attached hydrogens (tertiary/aromatic N) is 1. The number of aryl methyl sites for hydroxylation is 1. The van der Waals surface area contributed by atoms with Crippen molar-refractivity contribution in [1.29, 1.82) is 0 Å². The van der Waals surface area contributed by atoms with Crippen molar-refractivity contribution in [3.8, 4) is 0 Å². The van der Waals surface area contributed by atoms with Crippen LogP contribution in [0, 0.1) is 6.92 Å². The van der Waals surface area contributed by atoms with E-state index >= 15 is 0 Å². The first-order chi connectivity index (χ1) is 7.16. The molecule has 4 heteroatoms. The van der Waals surface area contributed by atoms with E-state index in [0.29, 0.717) is 5.25 Å². The number of nitrogens with one attached hydrogen (secondary N) is 1. The average Bonchev–Trinajstić information content (AvgIpc) is 2.59. The van der Waals surface area contributed by atoms with E-state index in [2.05, 4.69) is 52.2 Å². The Kier molecular flexibility index (Phi) is 3.36. The van der Waals surface area contributed by atoms with Crippen LogP contribution < -0.4 is 5.32 Å². The Morgan fingerprint density at radius 2 is 2.33 bits per heavy atom. The van der Waals surface area contributed by atoms with Gasteiger partial charge in [-0.3, -0.25) is 4.99 Å². The van der Waals surface area contributed by atoms with Gasteiger partial charge in [-0.05, 0) is 34.5 Å². The zero-order valence-corrected chi connectivity index (χ0v) is 11.2. The Bertz CT molecular complexity index is 404. The van der Waals surface area contributed by atoms with Crippen molar-refractivity contribution in [3.63, 3.8) is 0 Å². The van der Waals surface area contributed by atoms with Crippen LogP contribution in [0.4, 0.5) is 5.69 Å². The molecule has 2 rings (SSSR count). The lowest BCUT2D eigenvalue weighted by Crippen LogP contribution is -2.06. The minimum atomic E-state index is 0.594. The quantitative estimate of drug-likeness (QED) is 0.851. The minimum absolute atomic E-state index is 0.594. The van der Waals surface area contributed by atoms with Crippen LogP contribution in [0.5, 0.6) is 0 Å². The van der Waals surface area contributed by atoms with Gasteiger partial charge in [0, 0.05) is 9.72 Å². The molecule has 0 radical (unpaired) electrons. The molecule has 1 heterocycles. The van der Waals surface area contributed by atoms with Gasteiger partial charge in [0.05, 0.1) is 12.2 Å². The van der Waals surface area contributed by atoms with Gasteiger partial charge in [0.2, 0.25) is 0 Å². The lowest BCUT2D eigenvalue weighted by atomic mass is 10.2. The lowest BCUT2D eigenvalue weighted by molar-refractivity contribution is 0.976. The third-order valence-electron chi connectivity index (χ3n) is 2.24. The van der Waals surface area contributed by atoms with E-state index in [9.17, 15) is 0 Å². The van der Waals surface area contributed by atoms with Gasteiger partial charge < -0.3 is 5.32 Å². The van der Waals surface area contributed by atoms with Crippen molar-refractivity contribution in [2.75, 3.05) is 11.9 Å². The maximum atomic E-state index is 4.43. The Morgan fingerprint density at radius 1 is 1.53 bits per heavy atom. The maximum Gasteiger partial charge on any atom is 0.161 e. The molecule has 1 unspecified atom stereocenters. The summed E-state index contributed by atoms with van der Waals surface area (Å²) in [5.74, 6) is 0. The van der Waals surface area contributed by atoms with Gasteiger partial charge in [0.15, 0.2) is 5.17 Å². The molecule has 1 atom stereocenters. The lowest BCUT2D eigenvalue weighted by Gasteiger charge is -2.09. The highest BCUT2D eigenvalue weighted by molar-refractivity contribution is 9.10. The first-order valence-corrected chi connectivity index (χ1v) is 6.57. The highest BCUT2D eigenvalue weighted by Gasteiger charge is 2.15. The fourth-order valence-electron chi connectivity index (χ4n) is 1.40. The zero-order chi connectivity index (χ0) is 10.8. The van der Waals surface area contributed by atoms with Crippen LogP contribution in [-0.4, -0.2) is 17.0 Å². The van der Waals surface area contributed by atoms with Crippen molar-refractivity contribution < 1.29 is 0 Å². The smallest absolute Gasteiger partial charge is 0.161 e. The number of benzene rings is 1. The van der Waals surface area contributed by atoms with E-state index in [1.165, 1.54) is 5.56 Å². The largest absolute Gasteiger partial charge is 0.334 e. The number of amidine groups is 1. The molecule has 1 N–H and O–H groups in total. The molecule has 1 aliphatic heterocycles. The van der Waals surface area contributed by atoms with Gasteiger partial charge in [0.1, 0.15) is 0 Å². The summed E-state index contributed by atoms with van der Waals surface area (Å²) in [4.78, 5) is 4.43. The summed E-state index contributed by atoms with van der Waals surface area (Å²) in [6, 6.07) is 6.19. The second kappa shape index (κ2) is 4.58. The van der Waals surface area contributed by atoms with Crippen LogP contribution in [0.3, 0.4) is 0 Å². The topological polar surface area (TPSA) is 24.4 Å². The van der Waals surface area contributed by atoms with E-state index < -0.39 is 0 Å². The number of hydrogen-bond donors (Lipinski definition) is 1. The molecular formula is C11H13BrN2S. The average molecular weight is 285 g/mol. The molecule has 1 aliphatic rings. The van der Waals surface area contributed by atoms with E-state index in [0.717, 1.165) is 21.9 Å². The normalized spacial score (nSPS) is 20.2. The summed E-state index contributed by atoms with van der Waals surface area (Å²) >= 11 is 5.37. The minimum Gasteiger partial charge on any atom is -0.334 e. The number of halogens is 1. The number of thioether (sulfide) groups is 1. The summed E-state index contributed by atoms with van der Waals surface area (Å²) in [6.45, 7) is 5.19. The van der Waals surface area contributed by atoms with Crippen LogP contribution in [0.1, 0.15) is 12.5 Å². The van der Waals surface area contributed by atoms with Gasteiger partial charge in [-0.1, -0.05) is 30.8 Å². The first kappa shape index (κ1) is 11.0. The van der Waals surface area contributed by atoms with Gasteiger partial charge in [-0.2, -0.15) is 0 Å². The summed E-state index contributed by atoms with van der Waals surface area (Å²) < 4.78 is 1.12. The number of anilines is 1. The molecule has 0 bridgehead atoms. The molecular weight excluding hydrogens is 272 g/mol. The van der Waals surface area contributed by atoms with Crippen molar-refractivity contribution in [3.05, 3.63) is 28.2 Å². The van der Waals surface area contributed by atoms with Crippen LogP contribution in [-0.2, 0) is 0 Å². The molecule has 0 saturated carbocycles. The zero-order valence-electron chi connectivity index (χ0n) is 8.75. The Balaban J connectivity index is 2.15. The number of hydrogen-bond acceptors (Lipinski definition) is 3. The molecule has 0 amide bonds. The molecule has 0 aromatic heterocycles. The number of rotatable bonds is 1. The monoisotopic (exact) mass is 284 g/mol. The van der Waals surface area contributed by atoms with E-state index in [1.807, 2.05) is 6.07 Å². The van der Waals surface area contributed by atoms with Gasteiger partial charge in [-0.15, -0.1) is 0 Å². The summed E-state index contributed by atoms with van der Waals surface area (Å²) in [6.07, 6.45) is 0. The molecule has 15 heavy (non-hydrogen) atoms. The van der Waals surface area contributed by atoms with E-state index in [4.69, 9.17) is 0 Å². The predicted octanol–water partition coefficient (Wildman–Crippen LogP) is 3.66. The van der Waals surface area contributed by atoms with Crippen LogP contribution in [0.25, 0.3) is 0 Å². The highest BCUT2D eigenvalue weighted by Crippen LogP contribution is 2.28. The van der Waals surface area contributed by atoms with Crippen LogP contribution >= 0.6 is 27.7 Å². The Hall–Kier alpha value is -0.480. The first-order valence-electron chi connectivity index (χ1n) is 4.90. The van der Waals surface area contributed by atoms with Crippen molar-refractivity contribution in [2.45, 2.75) is 19.1 Å². The van der Waals surface area contributed by atoms with Crippen molar-refractivity contribution in [1.82, 2.24) is 0 Å². The molecule has 2 nitrogen and oxygen atoms in total. The molecule has 0 aliphatic carbocycles. The van der Waals surface area contributed by atoms with E-state index in [-0.39, 0.29) is 0 Å². The number of aliphatic imine (C=N–C) groups is 1.